The van der Waals surface area contributed by atoms with Gasteiger partial charge in [0.25, 0.3) is 0 Å². The number of esters is 3. The summed E-state index contributed by atoms with van der Waals surface area (Å²) < 4.78 is 16.9. The first-order valence-corrected chi connectivity index (χ1v) is 31.1. The van der Waals surface area contributed by atoms with Gasteiger partial charge in [-0.2, -0.15) is 0 Å². The smallest absolute Gasteiger partial charge is 0.306 e. The Morgan fingerprint density at radius 3 is 0.836 bits per heavy atom. The Bertz CT molecular complexity index is 1400. The number of carbonyl (C=O) groups is 3. The molecule has 0 bridgehead atoms. The average Bonchev–Trinajstić information content (AvgIpc) is 3.39. The molecule has 0 aliphatic heterocycles. The zero-order chi connectivity index (χ0) is 52.9. The van der Waals surface area contributed by atoms with E-state index in [-0.39, 0.29) is 37.5 Å². The van der Waals surface area contributed by atoms with Crippen LogP contribution in [-0.2, 0) is 28.6 Å². The van der Waals surface area contributed by atoms with Gasteiger partial charge in [-0.25, -0.2) is 0 Å². The molecule has 1 unspecified atom stereocenters. The molecule has 0 N–H and O–H groups in total. The Labute approximate surface area is 452 Å². The number of hydrogen-bond donors (Lipinski definition) is 0. The van der Waals surface area contributed by atoms with E-state index < -0.39 is 6.10 Å². The fourth-order valence-corrected chi connectivity index (χ4v) is 8.79. The minimum atomic E-state index is -0.798. The predicted molar refractivity (Wildman–Crippen MR) is 316 cm³/mol. The fraction of sp³-hybridized carbons (Fsp3) is 0.746. The van der Waals surface area contributed by atoms with E-state index in [1.165, 1.54) is 167 Å². The zero-order valence-electron chi connectivity index (χ0n) is 48.1. The van der Waals surface area contributed by atoms with Crippen LogP contribution in [0, 0.1) is 0 Å². The highest BCUT2D eigenvalue weighted by molar-refractivity contribution is 5.71. The Balaban J connectivity index is 4.44. The van der Waals surface area contributed by atoms with Crippen LogP contribution in [-0.4, -0.2) is 37.2 Å². The van der Waals surface area contributed by atoms with E-state index in [2.05, 4.69) is 106 Å². The highest BCUT2D eigenvalue weighted by atomic mass is 16.6. The highest BCUT2D eigenvalue weighted by Crippen LogP contribution is 2.17. The summed E-state index contributed by atoms with van der Waals surface area (Å²) in [7, 11) is 0. The normalized spacial score (nSPS) is 12.6. The molecular formula is C67H116O6. The summed E-state index contributed by atoms with van der Waals surface area (Å²) in [6.07, 6.45) is 80.1. The van der Waals surface area contributed by atoms with Gasteiger partial charge in [0, 0.05) is 19.3 Å². The molecule has 1 atom stereocenters. The monoisotopic (exact) mass is 1020 g/mol. The topological polar surface area (TPSA) is 78.9 Å². The van der Waals surface area contributed by atoms with Crippen molar-refractivity contribution >= 4 is 17.9 Å². The van der Waals surface area contributed by atoms with Gasteiger partial charge in [0.2, 0.25) is 0 Å². The second kappa shape index (κ2) is 61.1. The van der Waals surface area contributed by atoms with Gasteiger partial charge in [-0.15, -0.1) is 0 Å². The molecule has 6 heteroatoms. The lowest BCUT2D eigenvalue weighted by Gasteiger charge is -2.18. The van der Waals surface area contributed by atoms with Gasteiger partial charge >= 0.3 is 17.9 Å². The summed E-state index contributed by atoms with van der Waals surface area (Å²) in [5, 5.41) is 0. The first-order valence-electron chi connectivity index (χ1n) is 31.1. The number of rotatable bonds is 56. The molecule has 0 aromatic heterocycles. The van der Waals surface area contributed by atoms with E-state index in [1.54, 1.807) is 0 Å². The van der Waals surface area contributed by atoms with Crippen LogP contribution in [0.5, 0.6) is 0 Å². The number of unbranched alkanes of at least 4 members (excludes halogenated alkanes) is 31. The Morgan fingerprint density at radius 1 is 0.288 bits per heavy atom. The van der Waals surface area contributed by atoms with Crippen molar-refractivity contribution in [1.82, 2.24) is 0 Å². The molecule has 0 rings (SSSR count). The van der Waals surface area contributed by atoms with Crippen LogP contribution in [0.2, 0.25) is 0 Å². The maximum Gasteiger partial charge on any atom is 0.306 e. The Morgan fingerprint density at radius 2 is 0.534 bits per heavy atom. The lowest BCUT2D eigenvalue weighted by atomic mass is 10.0. The Kier molecular flexibility index (Phi) is 58.3. The lowest BCUT2D eigenvalue weighted by Crippen LogP contribution is -2.30. The molecule has 0 aromatic rings. The van der Waals surface area contributed by atoms with Gasteiger partial charge in [0.1, 0.15) is 13.2 Å². The van der Waals surface area contributed by atoms with Crippen molar-refractivity contribution in [3.05, 3.63) is 85.1 Å². The van der Waals surface area contributed by atoms with Crippen molar-refractivity contribution in [3.63, 3.8) is 0 Å². The summed E-state index contributed by atoms with van der Waals surface area (Å²) in [5.74, 6) is -0.938. The van der Waals surface area contributed by atoms with Gasteiger partial charge in [-0.1, -0.05) is 298 Å². The van der Waals surface area contributed by atoms with E-state index in [9.17, 15) is 14.4 Å². The fourth-order valence-electron chi connectivity index (χ4n) is 8.79. The van der Waals surface area contributed by atoms with Crippen LogP contribution < -0.4 is 0 Å². The van der Waals surface area contributed by atoms with Crippen molar-refractivity contribution < 1.29 is 28.6 Å². The maximum absolute atomic E-state index is 12.9. The van der Waals surface area contributed by atoms with Crippen LogP contribution in [0.4, 0.5) is 0 Å². The molecular weight excluding hydrogens is 901 g/mol. The number of ether oxygens (including phenoxy) is 3. The van der Waals surface area contributed by atoms with Crippen molar-refractivity contribution in [2.45, 2.75) is 309 Å². The standard InChI is InChI=1S/C67H116O6/c1-4-7-10-13-16-19-22-25-28-30-31-32-33-34-35-37-39-42-45-48-51-54-57-60-66(69)72-63-64(62-71-65(68)59-56-53-50-47-44-41-38-27-24-21-18-15-12-9-6-3)73-67(70)61-58-55-52-49-46-43-40-36-29-26-23-20-17-14-11-8-5-2/h7,10,16,19,25,28,31-32,34-35,39,42,48,51,64H,4-6,8-9,11-15,17-18,20-24,26-27,29-30,33,36-38,40-41,43-47,49-50,52-63H2,1-3H3/b10-7-,19-16-,28-25-,32-31-,35-34-,42-39-,51-48-. The van der Waals surface area contributed by atoms with E-state index in [4.69, 9.17) is 14.2 Å². The quantitative estimate of drug-likeness (QED) is 0.0261. The Hall–Kier alpha value is -3.41. The van der Waals surface area contributed by atoms with Crippen LogP contribution in [0.15, 0.2) is 85.1 Å². The summed E-state index contributed by atoms with van der Waals surface area (Å²) in [6, 6.07) is 0. The third-order valence-electron chi connectivity index (χ3n) is 13.4. The van der Waals surface area contributed by atoms with Gasteiger partial charge in [-0.3, -0.25) is 14.4 Å². The number of hydrogen-bond acceptors (Lipinski definition) is 6. The first-order chi connectivity index (χ1) is 36.0. The van der Waals surface area contributed by atoms with Crippen molar-refractivity contribution in [1.29, 1.82) is 0 Å². The molecule has 0 saturated carbocycles. The summed E-state index contributed by atoms with van der Waals surface area (Å²) >= 11 is 0. The third-order valence-corrected chi connectivity index (χ3v) is 13.4. The predicted octanol–water partition coefficient (Wildman–Crippen LogP) is 21.1. The van der Waals surface area contributed by atoms with E-state index in [1.807, 2.05) is 0 Å². The van der Waals surface area contributed by atoms with Crippen LogP contribution in [0.25, 0.3) is 0 Å². The molecule has 420 valence electrons. The van der Waals surface area contributed by atoms with Crippen molar-refractivity contribution in [2.24, 2.45) is 0 Å². The zero-order valence-corrected chi connectivity index (χ0v) is 48.1. The highest BCUT2D eigenvalue weighted by Gasteiger charge is 2.19. The third kappa shape index (κ3) is 59.3. The molecule has 0 fully saturated rings. The molecule has 0 saturated heterocycles. The minimum absolute atomic E-state index is 0.0903. The summed E-state index contributed by atoms with van der Waals surface area (Å²) in [4.78, 5) is 38.3. The molecule has 0 aliphatic rings. The van der Waals surface area contributed by atoms with Crippen LogP contribution in [0.1, 0.15) is 303 Å². The molecule has 0 heterocycles. The lowest BCUT2D eigenvalue weighted by molar-refractivity contribution is -0.167. The second-order valence-corrected chi connectivity index (χ2v) is 20.6. The van der Waals surface area contributed by atoms with Crippen LogP contribution in [0.3, 0.4) is 0 Å². The largest absolute Gasteiger partial charge is 0.462 e. The summed E-state index contributed by atoms with van der Waals surface area (Å²) in [6.45, 7) is 6.52. The molecule has 0 radical (unpaired) electrons. The minimum Gasteiger partial charge on any atom is -0.462 e. The van der Waals surface area contributed by atoms with Gasteiger partial charge in [0.05, 0.1) is 0 Å². The molecule has 0 aliphatic carbocycles. The van der Waals surface area contributed by atoms with E-state index in [0.717, 1.165) is 89.9 Å². The molecule has 0 aromatic carbocycles. The molecule has 0 spiro atoms. The number of carbonyl (C=O) groups excluding carboxylic acids is 3. The SMILES string of the molecule is CC/C=C\C/C=C\C/C=C\C/C=C\C/C=C\C/C=C\C/C=C\CCCC(=O)OCC(COC(=O)CCCCCCCCCCCCCCCCC)OC(=O)CCCCCCCCCCCCCCCCCCC. The van der Waals surface area contributed by atoms with Gasteiger partial charge in [-0.05, 0) is 70.6 Å². The molecule has 73 heavy (non-hydrogen) atoms. The average molecular weight is 1020 g/mol. The first kappa shape index (κ1) is 69.6. The van der Waals surface area contributed by atoms with Crippen LogP contribution >= 0.6 is 0 Å². The van der Waals surface area contributed by atoms with Crippen molar-refractivity contribution in [3.8, 4) is 0 Å². The van der Waals surface area contributed by atoms with Crippen molar-refractivity contribution in [2.75, 3.05) is 13.2 Å². The van der Waals surface area contributed by atoms with E-state index >= 15 is 0 Å². The molecule has 0 amide bonds. The second-order valence-electron chi connectivity index (χ2n) is 20.6. The van der Waals surface area contributed by atoms with Gasteiger partial charge in [0.15, 0.2) is 6.10 Å². The van der Waals surface area contributed by atoms with E-state index in [0.29, 0.717) is 19.3 Å². The number of allylic oxidation sites excluding steroid dienone is 14. The molecule has 6 nitrogen and oxygen atoms in total. The maximum atomic E-state index is 12.9. The summed E-state index contributed by atoms with van der Waals surface area (Å²) in [5.41, 5.74) is 0. The van der Waals surface area contributed by atoms with Gasteiger partial charge < -0.3 is 14.2 Å².